The summed E-state index contributed by atoms with van der Waals surface area (Å²) in [5, 5.41) is 3.19. The van der Waals surface area contributed by atoms with Crippen LogP contribution in [0, 0.1) is 13.8 Å². The number of likely N-dealkylation sites (N-methyl/N-ethyl adjacent to an activating group) is 1. The molecular formula is C12H16N2O. The summed E-state index contributed by atoms with van der Waals surface area (Å²) in [7, 11) is 0. The monoisotopic (exact) mass is 204 g/mol. The van der Waals surface area contributed by atoms with Crippen molar-refractivity contribution in [3.8, 4) is 0 Å². The third kappa shape index (κ3) is 1.48. The van der Waals surface area contributed by atoms with Gasteiger partial charge in [0.15, 0.2) is 0 Å². The Labute approximate surface area is 90.1 Å². The molecule has 1 amide bonds. The summed E-state index contributed by atoms with van der Waals surface area (Å²) in [5.74, 6) is 0.147. The van der Waals surface area contributed by atoms with Crippen LogP contribution >= 0.6 is 0 Å². The highest BCUT2D eigenvalue weighted by Crippen LogP contribution is 2.33. The molecule has 0 saturated heterocycles. The number of fused-ring (bicyclic) bond motifs is 1. The maximum Gasteiger partial charge on any atom is 0.246 e. The van der Waals surface area contributed by atoms with E-state index in [-0.39, 0.29) is 5.91 Å². The molecule has 0 spiro atoms. The van der Waals surface area contributed by atoms with Gasteiger partial charge < -0.3 is 10.2 Å². The quantitative estimate of drug-likeness (QED) is 0.759. The van der Waals surface area contributed by atoms with Gasteiger partial charge in [0, 0.05) is 6.54 Å². The van der Waals surface area contributed by atoms with Crippen molar-refractivity contribution in [2.24, 2.45) is 0 Å². The number of carbonyl (C=O) groups is 1. The lowest BCUT2D eigenvalue weighted by atomic mass is 10.0. The van der Waals surface area contributed by atoms with E-state index in [1.54, 1.807) is 0 Å². The molecule has 2 rings (SSSR count). The van der Waals surface area contributed by atoms with E-state index in [1.807, 2.05) is 17.9 Å². The molecule has 0 unspecified atom stereocenters. The van der Waals surface area contributed by atoms with E-state index in [0.717, 1.165) is 17.9 Å². The number of benzene rings is 1. The van der Waals surface area contributed by atoms with Crippen molar-refractivity contribution in [1.29, 1.82) is 0 Å². The van der Waals surface area contributed by atoms with Gasteiger partial charge in [-0.1, -0.05) is 6.07 Å². The first-order valence-corrected chi connectivity index (χ1v) is 5.29. The van der Waals surface area contributed by atoms with E-state index in [4.69, 9.17) is 0 Å². The van der Waals surface area contributed by atoms with Crippen LogP contribution in [0.1, 0.15) is 18.1 Å². The van der Waals surface area contributed by atoms with Crippen LogP contribution in [-0.2, 0) is 4.79 Å². The lowest BCUT2D eigenvalue weighted by Gasteiger charge is -2.30. The van der Waals surface area contributed by atoms with Gasteiger partial charge in [-0.05, 0) is 38.0 Å². The second-order valence-electron chi connectivity index (χ2n) is 3.89. The Morgan fingerprint density at radius 1 is 1.40 bits per heavy atom. The average Bonchev–Trinajstić information content (AvgIpc) is 2.23. The normalized spacial score (nSPS) is 14.9. The Hall–Kier alpha value is -1.51. The molecular weight excluding hydrogens is 188 g/mol. The van der Waals surface area contributed by atoms with Crippen LogP contribution in [0.5, 0.6) is 0 Å². The zero-order chi connectivity index (χ0) is 11.0. The molecule has 0 fully saturated rings. The summed E-state index contributed by atoms with van der Waals surface area (Å²) < 4.78 is 0. The molecule has 0 aromatic heterocycles. The highest BCUT2D eigenvalue weighted by molar-refractivity contribution is 6.03. The third-order valence-corrected chi connectivity index (χ3v) is 3.04. The fraction of sp³-hybridized carbons (Fsp3) is 0.417. The molecule has 15 heavy (non-hydrogen) atoms. The highest BCUT2D eigenvalue weighted by Gasteiger charge is 2.23. The summed E-state index contributed by atoms with van der Waals surface area (Å²) in [6.45, 7) is 7.32. The molecule has 1 aromatic carbocycles. The van der Waals surface area contributed by atoms with Gasteiger partial charge >= 0.3 is 0 Å². The van der Waals surface area contributed by atoms with E-state index in [1.165, 1.54) is 11.1 Å². The lowest BCUT2D eigenvalue weighted by Crippen LogP contribution is -2.40. The molecule has 1 aromatic rings. The molecule has 1 heterocycles. The fourth-order valence-corrected chi connectivity index (χ4v) is 1.99. The maximum absolute atomic E-state index is 11.6. The Morgan fingerprint density at radius 2 is 2.13 bits per heavy atom. The summed E-state index contributed by atoms with van der Waals surface area (Å²) >= 11 is 0. The van der Waals surface area contributed by atoms with Gasteiger partial charge in [0.2, 0.25) is 5.91 Å². The van der Waals surface area contributed by atoms with Crippen molar-refractivity contribution >= 4 is 17.3 Å². The molecule has 1 aliphatic heterocycles. The van der Waals surface area contributed by atoms with Crippen LogP contribution in [0.2, 0.25) is 0 Å². The predicted molar refractivity (Wildman–Crippen MR) is 62.4 cm³/mol. The summed E-state index contributed by atoms with van der Waals surface area (Å²) in [6, 6.07) is 4.09. The van der Waals surface area contributed by atoms with E-state index in [2.05, 4.69) is 25.2 Å². The smallest absolute Gasteiger partial charge is 0.246 e. The number of hydrogen-bond acceptors (Lipinski definition) is 2. The molecule has 3 heteroatoms. The van der Waals surface area contributed by atoms with Crippen LogP contribution < -0.4 is 10.2 Å². The first-order chi connectivity index (χ1) is 7.15. The number of nitrogens with one attached hydrogen (secondary N) is 1. The Morgan fingerprint density at radius 3 is 2.80 bits per heavy atom. The van der Waals surface area contributed by atoms with Crippen LogP contribution in [0.4, 0.5) is 11.4 Å². The number of rotatable bonds is 1. The average molecular weight is 204 g/mol. The topological polar surface area (TPSA) is 32.3 Å². The van der Waals surface area contributed by atoms with Gasteiger partial charge in [0.05, 0.1) is 17.9 Å². The van der Waals surface area contributed by atoms with Gasteiger partial charge in [0.1, 0.15) is 0 Å². The Balaban J connectivity index is 2.56. The molecule has 3 nitrogen and oxygen atoms in total. The Bertz CT molecular complexity index is 412. The molecule has 0 radical (unpaired) electrons. The number of aryl methyl sites for hydroxylation is 1. The summed E-state index contributed by atoms with van der Waals surface area (Å²) in [6.07, 6.45) is 0. The third-order valence-electron chi connectivity index (χ3n) is 3.04. The van der Waals surface area contributed by atoms with Gasteiger partial charge in [-0.15, -0.1) is 0 Å². The molecule has 0 atom stereocenters. The summed E-state index contributed by atoms with van der Waals surface area (Å²) in [5.41, 5.74) is 4.61. The van der Waals surface area contributed by atoms with E-state index in [9.17, 15) is 4.79 Å². The number of amides is 1. The molecule has 0 bridgehead atoms. The number of anilines is 2. The van der Waals surface area contributed by atoms with Gasteiger partial charge in [-0.25, -0.2) is 0 Å². The molecule has 0 aliphatic carbocycles. The molecule has 1 aliphatic rings. The number of hydrogen-bond donors (Lipinski definition) is 1. The van der Waals surface area contributed by atoms with Crippen LogP contribution in [0.15, 0.2) is 12.1 Å². The maximum atomic E-state index is 11.6. The minimum absolute atomic E-state index is 0.147. The predicted octanol–water partition coefficient (Wildman–Crippen LogP) is 2.08. The van der Waals surface area contributed by atoms with E-state index >= 15 is 0 Å². The number of nitrogens with zero attached hydrogens (tertiary/aromatic N) is 1. The van der Waals surface area contributed by atoms with Crippen LogP contribution in [0.25, 0.3) is 0 Å². The second-order valence-corrected chi connectivity index (χ2v) is 3.89. The van der Waals surface area contributed by atoms with Crippen molar-refractivity contribution in [2.75, 3.05) is 23.3 Å². The van der Waals surface area contributed by atoms with Crippen molar-refractivity contribution < 1.29 is 4.79 Å². The number of carbonyl (C=O) groups excluding carboxylic acids is 1. The first kappa shape index (κ1) is 10.0. The van der Waals surface area contributed by atoms with E-state index < -0.39 is 0 Å². The van der Waals surface area contributed by atoms with Crippen LogP contribution in [-0.4, -0.2) is 19.0 Å². The zero-order valence-corrected chi connectivity index (χ0v) is 9.42. The zero-order valence-electron chi connectivity index (χ0n) is 9.42. The van der Waals surface area contributed by atoms with Gasteiger partial charge in [-0.3, -0.25) is 4.79 Å². The molecule has 80 valence electrons. The molecule has 0 saturated carbocycles. The van der Waals surface area contributed by atoms with Gasteiger partial charge in [-0.2, -0.15) is 0 Å². The highest BCUT2D eigenvalue weighted by atomic mass is 16.2. The van der Waals surface area contributed by atoms with E-state index in [0.29, 0.717) is 6.54 Å². The minimum Gasteiger partial charge on any atom is -0.374 e. The van der Waals surface area contributed by atoms with Gasteiger partial charge in [0.25, 0.3) is 0 Å². The minimum atomic E-state index is 0.147. The summed E-state index contributed by atoms with van der Waals surface area (Å²) in [4.78, 5) is 13.5. The largest absolute Gasteiger partial charge is 0.374 e. The van der Waals surface area contributed by atoms with Crippen molar-refractivity contribution in [1.82, 2.24) is 0 Å². The van der Waals surface area contributed by atoms with Crippen molar-refractivity contribution in [3.63, 3.8) is 0 Å². The first-order valence-electron chi connectivity index (χ1n) is 5.29. The molecule has 1 N–H and O–H groups in total. The Kier molecular flexibility index (Phi) is 2.39. The van der Waals surface area contributed by atoms with Crippen molar-refractivity contribution in [2.45, 2.75) is 20.8 Å². The van der Waals surface area contributed by atoms with Crippen LogP contribution in [0.3, 0.4) is 0 Å². The second kappa shape index (κ2) is 3.57. The lowest BCUT2D eigenvalue weighted by molar-refractivity contribution is -0.117. The van der Waals surface area contributed by atoms with Crippen molar-refractivity contribution in [3.05, 3.63) is 23.3 Å². The fourth-order valence-electron chi connectivity index (χ4n) is 1.99. The SMILES string of the molecule is CCN1C(=O)CNc2c1ccc(C)c2C. The standard InChI is InChI=1S/C12H16N2O/c1-4-14-10-6-5-8(2)9(3)12(10)13-7-11(14)15/h5-6,13H,4,7H2,1-3H3.